The molecule has 0 unspecified atom stereocenters. The maximum atomic E-state index is 12.2. The lowest BCUT2D eigenvalue weighted by atomic mass is 10.1. The number of carbonyl (C=O) groups is 1. The molecule has 0 aliphatic rings. The maximum Gasteiger partial charge on any atom is 0.263 e. The summed E-state index contributed by atoms with van der Waals surface area (Å²) in [6.45, 7) is 5.13. The summed E-state index contributed by atoms with van der Waals surface area (Å²) in [4.78, 5) is 14.6. The molecule has 0 aliphatic carbocycles. The molecule has 112 valence electrons. The third-order valence-corrected chi connectivity index (χ3v) is 4.63. The Hall–Kier alpha value is -1.33. The molecular weight excluding hydrogens is 350 g/mol. The zero-order chi connectivity index (χ0) is 15.4. The molecule has 0 fully saturated rings. The van der Waals surface area contributed by atoms with E-state index in [4.69, 9.17) is 4.74 Å². The minimum Gasteiger partial charge on any atom is -0.492 e. The summed E-state index contributed by atoms with van der Waals surface area (Å²) >= 11 is 4.81. The highest BCUT2D eigenvalue weighted by Gasteiger charge is 2.13. The quantitative estimate of drug-likeness (QED) is 0.789. The van der Waals surface area contributed by atoms with Crippen molar-refractivity contribution >= 4 is 33.2 Å². The summed E-state index contributed by atoms with van der Waals surface area (Å²) < 4.78 is 6.69. The standard InChI is InChI=1S/C16H18BrNO2S/c1-11-8-12(2)10-13(9-11)20-7-6-18(3)16(19)14-4-5-15(17)21-14/h4-5,8-10H,6-7H2,1-3H3. The van der Waals surface area contributed by atoms with Gasteiger partial charge in [-0.3, -0.25) is 4.79 Å². The normalized spacial score (nSPS) is 10.5. The lowest BCUT2D eigenvalue weighted by Crippen LogP contribution is -2.30. The second kappa shape index (κ2) is 7.09. The molecule has 0 atom stereocenters. The van der Waals surface area contributed by atoms with Crippen LogP contribution >= 0.6 is 27.3 Å². The third kappa shape index (κ3) is 4.58. The number of hydrogen-bond donors (Lipinski definition) is 0. The highest BCUT2D eigenvalue weighted by molar-refractivity contribution is 9.11. The molecule has 0 radical (unpaired) electrons. The van der Waals surface area contributed by atoms with Gasteiger partial charge in [0.25, 0.3) is 5.91 Å². The van der Waals surface area contributed by atoms with Gasteiger partial charge in [-0.15, -0.1) is 11.3 Å². The number of ether oxygens (including phenoxy) is 1. The van der Waals surface area contributed by atoms with Crippen LogP contribution in [0.3, 0.4) is 0 Å². The minimum atomic E-state index is 0.0229. The van der Waals surface area contributed by atoms with Crippen LogP contribution in [0.4, 0.5) is 0 Å². The number of rotatable bonds is 5. The Balaban J connectivity index is 1.86. The molecule has 3 nitrogen and oxygen atoms in total. The summed E-state index contributed by atoms with van der Waals surface area (Å²) in [5.41, 5.74) is 2.36. The molecule has 1 amide bonds. The first kappa shape index (κ1) is 16.0. The molecule has 2 aromatic rings. The fraction of sp³-hybridized carbons (Fsp3) is 0.312. The van der Waals surface area contributed by atoms with E-state index in [2.05, 4.69) is 22.0 Å². The Morgan fingerprint density at radius 3 is 2.48 bits per heavy atom. The van der Waals surface area contributed by atoms with Crippen molar-refractivity contribution in [2.75, 3.05) is 20.2 Å². The van der Waals surface area contributed by atoms with Crippen molar-refractivity contribution in [3.05, 3.63) is 50.1 Å². The number of likely N-dealkylation sites (N-methyl/N-ethyl adjacent to an activating group) is 1. The molecule has 0 aliphatic heterocycles. The Morgan fingerprint density at radius 2 is 1.90 bits per heavy atom. The first-order valence-electron chi connectivity index (χ1n) is 6.67. The van der Waals surface area contributed by atoms with Crippen molar-refractivity contribution in [3.63, 3.8) is 0 Å². The molecule has 0 saturated carbocycles. The zero-order valence-electron chi connectivity index (χ0n) is 12.4. The number of hydrogen-bond acceptors (Lipinski definition) is 3. The van der Waals surface area contributed by atoms with Crippen LogP contribution in [-0.2, 0) is 0 Å². The second-order valence-corrected chi connectivity index (χ2v) is 7.47. The first-order valence-corrected chi connectivity index (χ1v) is 8.28. The van der Waals surface area contributed by atoms with E-state index in [0.717, 1.165) is 14.4 Å². The van der Waals surface area contributed by atoms with Crippen molar-refractivity contribution in [1.29, 1.82) is 0 Å². The maximum absolute atomic E-state index is 12.2. The van der Waals surface area contributed by atoms with Gasteiger partial charge in [0.1, 0.15) is 12.4 Å². The molecule has 5 heteroatoms. The van der Waals surface area contributed by atoms with E-state index in [9.17, 15) is 4.79 Å². The van der Waals surface area contributed by atoms with E-state index < -0.39 is 0 Å². The number of thiophene rings is 1. The monoisotopic (exact) mass is 367 g/mol. The van der Waals surface area contributed by atoms with Gasteiger partial charge in [0.2, 0.25) is 0 Å². The molecule has 1 aromatic heterocycles. The van der Waals surface area contributed by atoms with Gasteiger partial charge in [-0.05, 0) is 65.2 Å². The average molecular weight is 368 g/mol. The highest BCUT2D eigenvalue weighted by Crippen LogP contribution is 2.23. The van der Waals surface area contributed by atoms with Gasteiger partial charge >= 0.3 is 0 Å². The van der Waals surface area contributed by atoms with Crippen molar-refractivity contribution in [3.8, 4) is 5.75 Å². The van der Waals surface area contributed by atoms with E-state index in [-0.39, 0.29) is 5.91 Å². The predicted molar refractivity (Wildman–Crippen MR) is 90.4 cm³/mol. The van der Waals surface area contributed by atoms with E-state index in [1.54, 1.807) is 11.9 Å². The Bertz CT molecular complexity index is 619. The van der Waals surface area contributed by atoms with E-state index >= 15 is 0 Å². The molecule has 0 bridgehead atoms. The van der Waals surface area contributed by atoms with Gasteiger partial charge in [-0.25, -0.2) is 0 Å². The highest BCUT2D eigenvalue weighted by atomic mass is 79.9. The lowest BCUT2D eigenvalue weighted by molar-refractivity contribution is 0.0778. The zero-order valence-corrected chi connectivity index (χ0v) is 14.8. The minimum absolute atomic E-state index is 0.0229. The van der Waals surface area contributed by atoms with E-state index in [1.165, 1.54) is 22.5 Å². The summed E-state index contributed by atoms with van der Waals surface area (Å²) in [7, 11) is 1.79. The van der Waals surface area contributed by atoms with Crippen molar-refractivity contribution in [2.24, 2.45) is 0 Å². The van der Waals surface area contributed by atoms with Crippen LogP contribution in [0.2, 0.25) is 0 Å². The average Bonchev–Trinajstić information content (AvgIpc) is 2.83. The van der Waals surface area contributed by atoms with E-state index in [1.807, 2.05) is 38.1 Å². The summed E-state index contributed by atoms with van der Waals surface area (Å²) in [6.07, 6.45) is 0. The third-order valence-electron chi connectivity index (χ3n) is 3.02. The number of aryl methyl sites for hydroxylation is 2. The number of benzene rings is 1. The Kier molecular flexibility index (Phi) is 5.42. The van der Waals surface area contributed by atoms with Crippen LogP contribution in [0.5, 0.6) is 5.75 Å². The van der Waals surface area contributed by atoms with Gasteiger partial charge in [0, 0.05) is 7.05 Å². The van der Waals surface area contributed by atoms with Gasteiger partial charge < -0.3 is 9.64 Å². The smallest absolute Gasteiger partial charge is 0.263 e. The van der Waals surface area contributed by atoms with Crippen LogP contribution < -0.4 is 4.74 Å². The molecule has 1 heterocycles. The van der Waals surface area contributed by atoms with Crippen LogP contribution in [-0.4, -0.2) is 31.0 Å². The molecule has 21 heavy (non-hydrogen) atoms. The van der Waals surface area contributed by atoms with Crippen molar-refractivity contribution < 1.29 is 9.53 Å². The summed E-state index contributed by atoms with van der Waals surface area (Å²) in [6, 6.07) is 9.84. The molecule has 1 aromatic carbocycles. The fourth-order valence-corrected chi connectivity index (χ4v) is 3.42. The molecule has 0 saturated heterocycles. The SMILES string of the molecule is Cc1cc(C)cc(OCCN(C)C(=O)c2ccc(Br)s2)c1. The predicted octanol–water partition coefficient (Wildman–Crippen LogP) is 4.28. The number of carbonyl (C=O) groups excluding carboxylic acids is 1. The lowest BCUT2D eigenvalue weighted by Gasteiger charge is -2.17. The van der Waals surface area contributed by atoms with Gasteiger partial charge in [0.05, 0.1) is 15.2 Å². The number of amides is 1. The topological polar surface area (TPSA) is 29.5 Å². The molecule has 2 rings (SSSR count). The number of halogens is 1. The molecular formula is C16H18BrNO2S. The van der Waals surface area contributed by atoms with Crippen LogP contribution in [0.1, 0.15) is 20.8 Å². The van der Waals surface area contributed by atoms with Crippen LogP contribution in [0, 0.1) is 13.8 Å². The Labute approximate surface area is 137 Å². The molecule has 0 spiro atoms. The van der Waals surface area contributed by atoms with Gasteiger partial charge in [0.15, 0.2) is 0 Å². The van der Waals surface area contributed by atoms with Crippen LogP contribution in [0.15, 0.2) is 34.1 Å². The van der Waals surface area contributed by atoms with Crippen molar-refractivity contribution in [1.82, 2.24) is 4.90 Å². The van der Waals surface area contributed by atoms with Gasteiger partial charge in [-0.1, -0.05) is 6.07 Å². The number of nitrogens with zero attached hydrogens (tertiary/aromatic N) is 1. The first-order chi connectivity index (χ1) is 9.95. The fourth-order valence-electron chi connectivity index (χ4n) is 2.04. The summed E-state index contributed by atoms with van der Waals surface area (Å²) in [5, 5.41) is 0. The Morgan fingerprint density at radius 1 is 1.24 bits per heavy atom. The van der Waals surface area contributed by atoms with Gasteiger partial charge in [-0.2, -0.15) is 0 Å². The summed E-state index contributed by atoms with van der Waals surface area (Å²) in [5.74, 6) is 0.877. The largest absolute Gasteiger partial charge is 0.492 e. The molecule has 0 N–H and O–H groups in total. The van der Waals surface area contributed by atoms with E-state index in [0.29, 0.717) is 13.2 Å². The second-order valence-electron chi connectivity index (χ2n) is 5.00. The van der Waals surface area contributed by atoms with Crippen molar-refractivity contribution in [2.45, 2.75) is 13.8 Å². The van der Waals surface area contributed by atoms with Crippen LogP contribution in [0.25, 0.3) is 0 Å².